The molecule has 0 aliphatic heterocycles. The van der Waals surface area contributed by atoms with E-state index in [0.717, 1.165) is 10.2 Å². The average molecular weight is 187 g/mol. The van der Waals surface area contributed by atoms with Crippen molar-refractivity contribution < 1.29 is 0 Å². The SMILES string of the molecule is CNc1cncc(Br)c1. The Hall–Kier alpha value is -0.570. The van der Waals surface area contributed by atoms with Crippen LogP contribution >= 0.6 is 15.9 Å². The molecule has 48 valence electrons. The number of nitrogens with zero attached hydrogens (tertiary/aromatic N) is 1. The van der Waals surface area contributed by atoms with Gasteiger partial charge in [0.2, 0.25) is 0 Å². The highest BCUT2D eigenvalue weighted by molar-refractivity contribution is 9.10. The van der Waals surface area contributed by atoms with Crippen LogP contribution < -0.4 is 5.32 Å². The summed E-state index contributed by atoms with van der Waals surface area (Å²) in [4.78, 5) is 3.95. The van der Waals surface area contributed by atoms with Gasteiger partial charge in [0.25, 0.3) is 0 Å². The van der Waals surface area contributed by atoms with E-state index in [9.17, 15) is 0 Å². The molecule has 0 saturated heterocycles. The Balaban J connectivity index is 2.94. The molecule has 3 heteroatoms. The number of rotatable bonds is 1. The van der Waals surface area contributed by atoms with E-state index in [2.05, 4.69) is 26.2 Å². The first-order valence-corrected chi connectivity index (χ1v) is 3.40. The van der Waals surface area contributed by atoms with Crippen LogP contribution in [0.15, 0.2) is 22.9 Å². The van der Waals surface area contributed by atoms with Gasteiger partial charge < -0.3 is 5.32 Å². The molecule has 0 aliphatic carbocycles. The fraction of sp³-hybridized carbons (Fsp3) is 0.167. The second-order valence-electron chi connectivity index (χ2n) is 1.64. The summed E-state index contributed by atoms with van der Waals surface area (Å²) in [6, 6.07) is 1.97. The Bertz CT molecular complexity index is 200. The van der Waals surface area contributed by atoms with Gasteiger partial charge in [0.15, 0.2) is 0 Å². The van der Waals surface area contributed by atoms with Gasteiger partial charge in [-0.25, -0.2) is 0 Å². The molecular weight excluding hydrogens is 180 g/mol. The average Bonchev–Trinajstić information content (AvgIpc) is 1.88. The molecule has 0 amide bonds. The van der Waals surface area contributed by atoms with Crippen molar-refractivity contribution in [2.45, 2.75) is 0 Å². The molecule has 0 unspecified atom stereocenters. The number of hydrogen-bond acceptors (Lipinski definition) is 2. The predicted molar refractivity (Wildman–Crippen MR) is 41.5 cm³/mol. The van der Waals surface area contributed by atoms with Crippen LogP contribution in [0, 0.1) is 0 Å². The van der Waals surface area contributed by atoms with Crippen molar-refractivity contribution in [1.82, 2.24) is 4.98 Å². The van der Waals surface area contributed by atoms with E-state index in [1.165, 1.54) is 0 Å². The van der Waals surface area contributed by atoms with Gasteiger partial charge in [-0.15, -0.1) is 0 Å². The van der Waals surface area contributed by atoms with E-state index in [1.54, 1.807) is 12.4 Å². The van der Waals surface area contributed by atoms with E-state index in [-0.39, 0.29) is 0 Å². The maximum Gasteiger partial charge on any atom is 0.0535 e. The zero-order valence-electron chi connectivity index (χ0n) is 5.06. The van der Waals surface area contributed by atoms with Crippen molar-refractivity contribution in [3.8, 4) is 0 Å². The summed E-state index contributed by atoms with van der Waals surface area (Å²) >= 11 is 3.30. The molecule has 1 rings (SSSR count). The van der Waals surface area contributed by atoms with Crippen LogP contribution in [0.25, 0.3) is 0 Å². The Morgan fingerprint density at radius 1 is 1.56 bits per heavy atom. The minimum absolute atomic E-state index is 0.995. The van der Waals surface area contributed by atoms with Gasteiger partial charge in [-0.1, -0.05) is 0 Å². The summed E-state index contributed by atoms with van der Waals surface area (Å²) in [5.74, 6) is 0. The summed E-state index contributed by atoms with van der Waals surface area (Å²) in [5, 5.41) is 2.98. The highest BCUT2D eigenvalue weighted by Gasteiger charge is 1.87. The number of pyridine rings is 1. The number of hydrogen-bond donors (Lipinski definition) is 1. The number of anilines is 1. The molecule has 0 spiro atoms. The van der Waals surface area contributed by atoms with Crippen molar-refractivity contribution in [3.63, 3.8) is 0 Å². The number of nitrogens with one attached hydrogen (secondary N) is 1. The Labute approximate surface area is 62.4 Å². The summed E-state index contributed by atoms with van der Waals surface area (Å²) in [7, 11) is 1.86. The largest absolute Gasteiger partial charge is 0.387 e. The molecule has 1 N–H and O–H groups in total. The molecule has 2 nitrogen and oxygen atoms in total. The molecule has 0 aromatic carbocycles. The molecule has 9 heavy (non-hydrogen) atoms. The smallest absolute Gasteiger partial charge is 0.0535 e. The molecule has 0 atom stereocenters. The Morgan fingerprint density at radius 3 is 2.78 bits per heavy atom. The highest BCUT2D eigenvalue weighted by Crippen LogP contribution is 2.12. The van der Waals surface area contributed by atoms with Gasteiger partial charge in [-0.2, -0.15) is 0 Å². The Kier molecular flexibility index (Phi) is 2.05. The summed E-state index contributed by atoms with van der Waals surface area (Å²) in [6.07, 6.45) is 3.52. The molecule has 0 bridgehead atoms. The Morgan fingerprint density at radius 2 is 2.33 bits per heavy atom. The fourth-order valence-corrected chi connectivity index (χ4v) is 0.913. The molecule has 0 radical (unpaired) electrons. The molecule has 1 aromatic heterocycles. The first-order valence-electron chi connectivity index (χ1n) is 2.61. The lowest BCUT2D eigenvalue weighted by Gasteiger charge is -1.96. The van der Waals surface area contributed by atoms with Crippen molar-refractivity contribution in [2.24, 2.45) is 0 Å². The van der Waals surface area contributed by atoms with Gasteiger partial charge in [-0.3, -0.25) is 4.98 Å². The number of halogens is 1. The van der Waals surface area contributed by atoms with Crippen LogP contribution in [0.5, 0.6) is 0 Å². The van der Waals surface area contributed by atoms with Crippen molar-refractivity contribution >= 4 is 21.6 Å². The van der Waals surface area contributed by atoms with Crippen LogP contribution in [0.4, 0.5) is 5.69 Å². The molecule has 0 aliphatic rings. The highest BCUT2D eigenvalue weighted by atomic mass is 79.9. The van der Waals surface area contributed by atoms with E-state index in [4.69, 9.17) is 0 Å². The molecule has 1 aromatic rings. The van der Waals surface area contributed by atoms with Gasteiger partial charge >= 0.3 is 0 Å². The quantitative estimate of drug-likeness (QED) is 0.725. The van der Waals surface area contributed by atoms with Gasteiger partial charge in [0, 0.05) is 17.7 Å². The van der Waals surface area contributed by atoms with Crippen molar-refractivity contribution in [3.05, 3.63) is 22.9 Å². The third-order valence-corrected chi connectivity index (χ3v) is 1.43. The second kappa shape index (κ2) is 2.82. The third kappa shape index (κ3) is 1.68. The van der Waals surface area contributed by atoms with Crippen molar-refractivity contribution in [2.75, 3.05) is 12.4 Å². The third-order valence-electron chi connectivity index (χ3n) is 0.994. The fourth-order valence-electron chi connectivity index (χ4n) is 0.549. The van der Waals surface area contributed by atoms with Crippen molar-refractivity contribution in [1.29, 1.82) is 0 Å². The van der Waals surface area contributed by atoms with Gasteiger partial charge in [-0.05, 0) is 22.0 Å². The maximum absolute atomic E-state index is 3.95. The van der Waals surface area contributed by atoms with Crippen LogP contribution in [-0.4, -0.2) is 12.0 Å². The molecular formula is C6H7BrN2. The lowest BCUT2D eigenvalue weighted by molar-refractivity contribution is 1.29. The van der Waals surface area contributed by atoms with E-state index >= 15 is 0 Å². The lowest BCUT2D eigenvalue weighted by Crippen LogP contribution is -1.87. The summed E-state index contributed by atoms with van der Waals surface area (Å²) in [5.41, 5.74) is 1.02. The normalized spacial score (nSPS) is 9.11. The number of aromatic nitrogens is 1. The zero-order chi connectivity index (χ0) is 6.69. The first-order chi connectivity index (χ1) is 4.33. The van der Waals surface area contributed by atoms with E-state index in [1.807, 2.05) is 13.1 Å². The maximum atomic E-state index is 3.95. The topological polar surface area (TPSA) is 24.9 Å². The van der Waals surface area contributed by atoms with Crippen LogP contribution in [0.3, 0.4) is 0 Å². The second-order valence-corrected chi connectivity index (χ2v) is 2.56. The standard InChI is InChI=1S/C6H7BrN2/c1-8-6-2-5(7)3-9-4-6/h2-4,8H,1H3. The molecule has 1 heterocycles. The summed E-state index contributed by atoms with van der Waals surface area (Å²) < 4.78 is 0.995. The van der Waals surface area contributed by atoms with Crippen LogP contribution in [-0.2, 0) is 0 Å². The summed E-state index contributed by atoms with van der Waals surface area (Å²) in [6.45, 7) is 0. The van der Waals surface area contributed by atoms with E-state index in [0.29, 0.717) is 0 Å². The molecule has 0 saturated carbocycles. The minimum atomic E-state index is 0.995. The van der Waals surface area contributed by atoms with Gasteiger partial charge in [0.1, 0.15) is 0 Å². The first kappa shape index (κ1) is 6.55. The zero-order valence-corrected chi connectivity index (χ0v) is 6.64. The molecule has 0 fully saturated rings. The van der Waals surface area contributed by atoms with E-state index < -0.39 is 0 Å². The minimum Gasteiger partial charge on any atom is -0.387 e. The van der Waals surface area contributed by atoms with Crippen LogP contribution in [0.1, 0.15) is 0 Å². The monoisotopic (exact) mass is 186 g/mol. The predicted octanol–water partition coefficient (Wildman–Crippen LogP) is 1.89. The van der Waals surface area contributed by atoms with Gasteiger partial charge in [0.05, 0.1) is 11.9 Å². The van der Waals surface area contributed by atoms with Crippen LogP contribution in [0.2, 0.25) is 0 Å². The lowest BCUT2D eigenvalue weighted by atomic mass is 10.4.